The first-order valence-electron chi connectivity index (χ1n) is 13.6. The molecule has 9 nitrogen and oxygen atoms in total. The summed E-state index contributed by atoms with van der Waals surface area (Å²) in [6.45, 7) is 2.43. The minimum absolute atomic E-state index is 0.0972. The van der Waals surface area contributed by atoms with Gasteiger partial charge in [0.05, 0.1) is 17.9 Å². The lowest BCUT2D eigenvalue weighted by molar-refractivity contribution is 0.174. The van der Waals surface area contributed by atoms with Gasteiger partial charge in [-0.05, 0) is 61.0 Å². The maximum atomic E-state index is 13.6. The number of benzene rings is 4. The number of aromatic hydroxyl groups is 1. The number of aromatic nitrogens is 1. The number of hydrogen-bond donors (Lipinski definition) is 1. The molecule has 6 aromatic rings. The van der Waals surface area contributed by atoms with E-state index >= 15 is 0 Å². The maximum Gasteiger partial charge on any atom is 0.231 e. The molecule has 0 aliphatic carbocycles. The van der Waals surface area contributed by atoms with E-state index in [4.69, 9.17) is 27.8 Å². The minimum atomic E-state index is -0.311. The van der Waals surface area contributed by atoms with Crippen molar-refractivity contribution >= 4 is 11.0 Å². The predicted molar refractivity (Wildman–Crippen MR) is 158 cm³/mol. The second-order valence-corrected chi connectivity index (χ2v) is 9.92. The minimum Gasteiger partial charge on any atom is -0.508 e. The van der Waals surface area contributed by atoms with Gasteiger partial charge in [-0.15, -0.1) is 0 Å². The van der Waals surface area contributed by atoms with Crippen LogP contribution in [0, 0.1) is 6.92 Å². The summed E-state index contributed by atoms with van der Waals surface area (Å²) < 4.78 is 34.4. The Kier molecular flexibility index (Phi) is 6.67. The van der Waals surface area contributed by atoms with Gasteiger partial charge in [0.25, 0.3) is 0 Å². The molecule has 0 fully saturated rings. The Labute approximate surface area is 245 Å². The molecule has 0 radical (unpaired) electrons. The fourth-order valence-corrected chi connectivity index (χ4v) is 4.91. The summed E-state index contributed by atoms with van der Waals surface area (Å²) in [5.41, 5.74) is 2.58. The number of oxazole rings is 1. The van der Waals surface area contributed by atoms with Crippen LogP contribution < -0.4 is 24.4 Å². The van der Waals surface area contributed by atoms with Crippen LogP contribution in [0.3, 0.4) is 0 Å². The zero-order chi connectivity index (χ0) is 29.3. The van der Waals surface area contributed by atoms with E-state index in [-0.39, 0.29) is 34.7 Å². The van der Waals surface area contributed by atoms with Crippen molar-refractivity contribution in [2.45, 2.75) is 13.3 Å². The van der Waals surface area contributed by atoms with E-state index in [1.165, 1.54) is 18.4 Å². The molecule has 3 heterocycles. The molecular weight excluding hydrogens is 550 g/mol. The summed E-state index contributed by atoms with van der Waals surface area (Å²) in [4.78, 5) is 18.2. The predicted octanol–water partition coefficient (Wildman–Crippen LogP) is 7.27. The molecule has 0 atom stereocenters. The third-order valence-corrected chi connectivity index (χ3v) is 7.08. The molecule has 0 unspecified atom stereocenters. The van der Waals surface area contributed by atoms with Crippen molar-refractivity contribution in [3.8, 4) is 57.1 Å². The second-order valence-electron chi connectivity index (χ2n) is 9.92. The van der Waals surface area contributed by atoms with Gasteiger partial charge in [0.1, 0.15) is 46.0 Å². The fraction of sp³-hybridized carbons (Fsp3) is 0.118. The van der Waals surface area contributed by atoms with Gasteiger partial charge in [-0.1, -0.05) is 24.3 Å². The number of aryl methyl sites for hydroxylation is 1. The molecule has 1 N–H and O–H groups in total. The summed E-state index contributed by atoms with van der Waals surface area (Å²) >= 11 is 0. The molecule has 9 heteroatoms. The number of fused-ring (bicyclic) bond motifs is 2. The molecule has 43 heavy (non-hydrogen) atoms. The Morgan fingerprint density at radius 1 is 0.884 bits per heavy atom. The molecule has 0 saturated heterocycles. The standard InChI is InChI=1S/C34H25NO8/c1-20-27(35-34(42-20)21-5-3-2-4-6-21)13-14-38-24-8-10-25(11-9-24)43-31-17-23(36)16-30-32(31)33(37)26(18-39-30)22-7-12-28-29(15-22)41-19-40-28/h2-12,15-18,36H,13-14,19H2,1H3. The zero-order valence-electron chi connectivity index (χ0n) is 23.0. The lowest BCUT2D eigenvalue weighted by Gasteiger charge is -2.11. The average molecular weight is 576 g/mol. The third-order valence-electron chi connectivity index (χ3n) is 7.08. The lowest BCUT2D eigenvalue weighted by Crippen LogP contribution is -2.06. The number of ether oxygens (including phenoxy) is 4. The molecule has 1 aliphatic rings. The zero-order valence-corrected chi connectivity index (χ0v) is 23.0. The normalized spacial score (nSPS) is 12.0. The first kappa shape index (κ1) is 26.2. The van der Waals surface area contributed by atoms with Crippen molar-refractivity contribution in [1.29, 1.82) is 0 Å². The maximum absolute atomic E-state index is 13.6. The smallest absolute Gasteiger partial charge is 0.231 e. The summed E-state index contributed by atoms with van der Waals surface area (Å²) in [5, 5.41) is 10.5. The van der Waals surface area contributed by atoms with E-state index in [9.17, 15) is 9.90 Å². The topological polar surface area (TPSA) is 113 Å². The number of phenolic OH excluding ortho intramolecular Hbond substituents is 1. The van der Waals surface area contributed by atoms with E-state index in [0.29, 0.717) is 53.0 Å². The number of rotatable bonds is 8. The number of hydrogen-bond acceptors (Lipinski definition) is 9. The van der Waals surface area contributed by atoms with Crippen LogP contribution >= 0.6 is 0 Å². The van der Waals surface area contributed by atoms with E-state index in [0.717, 1.165) is 17.0 Å². The van der Waals surface area contributed by atoms with Crippen molar-refractivity contribution in [2.75, 3.05) is 13.4 Å². The van der Waals surface area contributed by atoms with Crippen molar-refractivity contribution in [3.05, 3.63) is 113 Å². The third kappa shape index (κ3) is 5.24. The van der Waals surface area contributed by atoms with Gasteiger partial charge >= 0.3 is 0 Å². The molecule has 214 valence electrons. The van der Waals surface area contributed by atoms with Crippen LogP contribution in [0.5, 0.6) is 34.5 Å². The van der Waals surface area contributed by atoms with Crippen molar-refractivity contribution in [2.24, 2.45) is 0 Å². The molecule has 7 rings (SSSR count). The Morgan fingerprint density at radius 2 is 1.67 bits per heavy atom. The van der Waals surface area contributed by atoms with Crippen LogP contribution in [0.25, 0.3) is 33.6 Å². The van der Waals surface area contributed by atoms with Gasteiger partial charge in [-0.25, -0.2) is 4.98 Å². The largest absolute Gasteiger partial charge is 0.508 e. The van der Waals surface area contributed by atoms with Crippen LogP contribution in [-0.2, 0) is 6.42 Å². The van der Waals surface area contributed by atoms with Crippen LogP contribution in [0.1, 0.15) is 11.5 Å². The van der Waals surface area contributed by atoms with Crippen LogP contribution in [0.4, 0.5) is 0 Å². The quantitative estimate of drug-likeness (QED) is 0.200. The van der Waals surface area contributed by atoms with E-state index in [1.807, 2.05) is 37.3 Å². The van der Waals surface area contributed by atoms with Gasteiger partial charge in [0, 0.05) is 24.1 Å². The molecule has 2 aromatic heterocycles. The molecule has 1 aliphatic heterocycles. The van der Waals surface area contributed by atoms with Crippen LogP contribution in [0.2, 0.25) is 0 Å². The van der Waals surface area contributed by atoms with E-state index < -0.39 is 0 Å². The van der Waals surface area contributed by atoms with Crippen molar-refractivity contribution in [3.63, 3.8) is 0 Å². The Bertz CT molecular complexity index is 1990. The second kappa shape index (κ2) is 10.9. The highest BCUT2D eigenvalue weighted by molar-refractivity contribution is 5.88. The number of phenols is 1. The molecule has 0 amide bonds. The van der Waals surface area contributed by atoms with Gasteiger partial charge in [-0.2, -0.15) is 0 Å². The summed E-state index contributed by atoms with van der Waals surface area (Å²) in [6, 6.07) is 24.7. The highest BCUT2D eigenvalue weighted by Crippen LogP contribution is 2.37. The van der Waals surface area contributed by atoms with E-state index in [2.05, 4.69) is 4.98 Å². The fourth-order valence-electron chi connectivity index (χ4n) is 4.91. The van der Waals surface area contributed by atoms with E-state index in [1.54, 1.807) is 42.5 Å². The van der Waals surface area contributed by atoms with Gasteiger partial charge in [0.2, 0.25) is 18.1 Å². The molecule has 0 bridgehead atoms. The van der Waals surface area contributed by atoms with Crippen molar-refractivity contribution in [1.82, 2.24) is 4.98 Å². The van der Waals surface area contributed by atoms with Crippen LogP contribution in [-0.4, -0.2) is 23.5 Å². The highest BCUT2D eigenvalue weighted by Gasteiger charge is 2.19. The van der Waals surface area contributed by atoms with Gasteiger partial charge in [0.15, 0.2) is 11.5 Å². The SMILES string of the molecule is Cc1oc(-c2ccccc2)nc1CCOc1ccc(Oc2cc(O)cc3occ(-c4ccc5c(c4)OCO5)c(=O)c23)cc1. The average Bonchev–Trinajstić information content (AvgIpc) is 3.64. The summed E-state index contributed by atoms with van der Waals surface area (Å²) in [5.74, 6) is 3.67. The highest BCUT2D eigenvalue weighted by atomic mass is 16.7. The molecule has 4 aromatic carbocycles. The number of nitrogens with zero attached hydrogens (tertiary/aromatic N) is 1. The van der Waals surface area contributed by atoms with Crippen LogP contribution in [0.15, 0.2) is 105 Å². The summed E-state index contributed by atoms with van der Waals surface area (Å²) in [6.07, 6.45) is 1.94. The molecule has 0 spiro atoms. The Balaban J connectivity index is 1.07. The van der Waals surface area contributed by atoms with Crippen molar-refractivity contribution < 1.29 is 32.9 Å². The molecular formula is C34H25NO8. The Hall–Kier alpha value is -5.70. The Morgan fingerprint density at radius 3 is 2.51 bits per heavy atom. The monoisotopic (exact) mass is 575 g/mol. The van der Waals surface area contributed by atoms with Gasteiger partial charge < -0.3 is 32.9 Å². The van der Waals surface area contributed by atoms with Gasteiger partial charge in [-0.3, -0.25) is 4.79 Å². The molecule has 0 saturated carbocycles. The summed E-state index contributed by atoms with van der Waals surface area (Å²) in [7, 11) is 0. The lowest BCUT2D eigenvalue weighted by atomic mass is 10.0. The first-order chi connectivity index (χ1) is 21.0. The first-order valence-corrected chi connectivity index (χ1v) is 13.6.